The highest BCUT2D eigenvalue weighted by molar-refractivity contribution is 7.89. The number of carbonyl (C=O) groups is 2. The summed E-state index contributed by atoms with van der Waals surface area (Å²) in [6.45, 7) is 0.322. The Morgan fingerprint density at radius 2 is 1.72 bits per heavy atom. The number of rotatable bonds is 5. The van der Waals surface area contributed by atoms with Gasteiger partial charge in [0.2, 0.25) is 10.0 Å². The molecule has 0 spiro atoms. The van der Waals surface area contributed by atoms with Gasteiger partial charge in [0.05, 0.1) is 17.6 Å². The van der Waals surface area contributed by atoms with Crippen LogP contribution in [0.1, 0.15) is 33.6 Å². The van der Waals surface area contributed by atoms with Crippen LogP contribution in [-0.2, 0) is 14.8 Å². The van der Waals surface area contributed by atoms with Gasteiger partial charge in [-0.25, -0.2) is 13.2 Å². The Morgan fingerprint density at radius 1 is 1.03 bits per heavy atom. The summed E-state index contributed by atoms with van der Waals surface area (Å²) in [5.74, 6) is -0.775. The first-order chi connectivity index (χ1) is 13.9. The second kappa shape index (κ2) is 7.61. The summed E-state index contributed by atoms with van der Waals surface area (Å²) in [6, 6.07) is 14.8. The van der Waals surface area contributed by atoms with Crippen molar-refractivity contribution in [3.8, 4) is 0 Å². The first-order valence-corrected chi connectivity index (χ1v) is 10.9. The van der Waals surface area contributed by atoms with E-state index in [0.717, 1.165) is 0 Å². The van der Waals surface area contributed by atoms with Crippen molar-refractivity contribution in [3.05, 3.63) is 65.7 Å². The zero-order valence-electron chi connectivity index (χ0n) is 15.9. The first kappa shape index (κ1) is 19.6. The molecule has 3 atom stereocenters. The van der Waals surface area contributed by atoms with Gasteiger partial charge >= 0.3 is 5.97 Å². The zero-order chi connectivity index (χ0) is 20.6. The quantitative estimate of drug-likeness (QED) is 0.756. The van der Waals surface area contributed by atoms with Gasteiger partial charge in [-0.05, 0) is 43.0 Å². The van der Waals surface area contributed by atoms with E-state index in [9.17, 15) is 18.0 Å². The van der Waals surface area contributed by atoms with Crippen LogP contribution < -0.4 is 5.32 Å². The predicted octanol–water partition coefficient (Wildman–Crippen LogP) is 2.05. The zero-order valence-corrected chi connectivity index (χ0v) is 16.8. The van der Waals surface area contributed by atoms with Gasteiger partial charge in [0.25, 0.3) is 5.91 Å². The van der Waals surface area contributed by atoms with Crippen molar-refractivity contribution in [3.63, 3.8) is 0 Å². The molecule has 0 aromatic heterocycles. The molecule has 2 aromatic carbocycles. The van der Waals surface area contributed by atoms with Crippen LogP contribution in [0.15, 0.2) is 59.5 Å². The molecule has 1 aliphatic heterocycles. The Morgan fingerprint density at radius 3 is 2.38 bits per heavy atom. The normalized spacial score (nSPS) is 23.7. The molecule has 8 heteroatoms. The summed E-state index contributed by atoms with van der Waals surface area (Å²) < 4.78 is 32.7. The molecule has 29 heavy (non-hydrogen) atoms. The Hall–Kier alpha value is -2.71. The van der Waals surface area contributed by atoms with E-state index < -0.39 is 16.0 Å². The smallest absolute Gasteiger partial charge is 0.339 e. The number of ether oxygens (including phenoxy) is 1. The lowest BCUT2D eigenvalue weighted by Gasteiger charge is -2.31. The van der Waals surface area contributed by atoms with Gasteiger partial charge in [-0.2, -0.15) is 4.31 Å². The van der Waals surface area contributed by atoms with Gasteiger partial charge in [0, 0.05) is 24.2 Å². The molecule has 1 saturated heterocycles. The summed E-state index contributed by atoms with van der Waals surface area (Å²) >= 11 is 0. The van der Waals surface area contributed by atoms with Crippen molar-refractivity contribution in [1.29, 1.82) is 0 Å². The summed E-state index contributed by atoms with van der Waals surface area (Å²) in [4.78, 5) is 24.4. The maximum atomic E-state index is 13.2. The van der Waals surface area contributed by atoms with E-state index >= 15 is 0 Å². The third-order valence-electron chi connectivity index (χ3n) is 5.72. The van der Waals surface area contributed by atoms with Crippen LogP contribution in [-0.4, -0.2) is 50.3 Å². The summed E-state index contributed by atoms with van der Waals surface area (Å²) in [5.41, 5.74) is 0.624. The number of methoxy groups -OCH3 is 1. The number of nitrogens with zero attached hydrogens (tertiary/aromatic N) is 1. The highest BCUT2D eigenvalue weighted by Gasteiger charge is 2.50. The van der Waals surface area contributed by atoms with Crippen molar-refractivity contribution in [2.24, 2.45) is 5.92 Å². The Bertz CT molecular complexity index is 1040. The number of sulfonamides is 1. The van der Waals surface area contributed by atoms with E-state index in [2.05, 4.69) is 5.32 Å². The molecular formula is C21H22N2O5S. The second-order valence-electron chi connectivity index (χ2n) is 7.39. The van der Waals surface area contributed by atoms with E-state index in [1.165, 1.54) is 23.5 Å². The average molecular weight is 414 g/mol. The van der Waals surface area contributed by atoms with Gasteiger partial charge in [0.1, 0.15) is 0 Å². The summed E-state index contributed by atoms with van der Waals surface area (Å²) in [5, 5.41) is 3.04. The summed E-state index contributed by atoms with van der Waals surface area (Å²) in [7, 11) is -2.61. The van der Waals surface area contributed by atoms with Crippen molar-refractivity contribution < 1.29 is 22.7 Å². The number of piperidine rings is 1. The molecule has 2 aliphatic rings. The van der Waals surface area contributed by atoms with Gasteiger partial charge in [-0.1, -0.05) is 30.3 Å². The monoisotopic (exact) mass is 414 g/mol. The first-order valence-electron chi connectivity index (χ1n) is 9.47. The van der Waals surface area contributed by atoms with Gasteiger partial charge < -0.3 is 10.1 Å². The van der Waals surface area contributed by atoms with E-state index in [1.807, 2.05) is 18.2 Å². The fourth-order valence-electron chi connectivity index (χ4n) is 4.32. The lowest BCUT2D eigenvalue weighted by molar-refractivity contribution is 0.0595. The Kier molecular flexibility index (Phi) is 5.14. The number of benzene rings is 2. The molecule has 1 N–H and O–H groups in total. The third kappa shape index (κ3) is 3.54. The van der Waals surface area contributed by atoms with Crippen molar-refractivity contribution in [2.45, 2.75) is 29.8 Å². The minimum absolute atomic E-state index is 0.0340. The maximum absolute atomic E-state index is 13.2. The van der Waals surface area contributed by atoms with E-state index in [0.29, 0.717) is 24.9 Å². The lowest BCUT2D eigenvalue weighted by Crippen LogP contribution is -2.47. The van der Waals surface area contributed by atoms with Gasteiger partial charge in [0.15, 0.2) is 0 Å². The lowest BCUT2D eigenvalue weighted by atomic mass is 10.0. The highest BCUT2D eigenvalue weighted by atomic mass is 32.2. The number of esters is 1. The number of carbonyl (C=O) groups excluding carboxylic acids is 2. The molecule has 0 radical (unpaired) electrons. The average Bonchev–Trinajstić information content (AvgIpc) is 3.34. The van der Waals surface area contributed by atoms with E-state index in [1.54, 1.807) is 24.3 Å². The van der Waals surface area contributed by atoms with Gasteiger partial charge in [-0.3, -0.25) is 4.79 Å². The second-order valence-corrected chi connectivity index (χ2v) is 9.25. The minimum atomic E-state index is -3.84. The number of amides is 1. The molecule has 2 aromatic rings. The van der Waals surface area contributed by atoms with Crippen LogP contribution in [0.3, 0.4) is 0 Å². The molecule has 4 rings (SSSR count). The fraction of sp³-hybridized carbons (Fsp3) is 0.333. The largest absolute Gasteiger partial charge is 0.465 e. The Balaban J connectivity index is 1.50. The predicted molar refractivity (Wildman–Crippen MR) is 106 cm³/mol. The van der Waals surface area contributed by atoms with Gasteiger partial charge in [-0.15, -0.1) is 0 Å². The van der Waals surface area contributed by atoms with Crippen LogP contribution in [0, 0.1) is 5.92 Å². The minimum Gasteiger partial charge on any atom is -0.465 e. The van der Waals surface area contributed by atoms with E-state index in [4.69, 9.17) is 4.74 Å². The van der Waals surface area contributed by atoms with Crippen molar-refractivity contribution in [2.75, 3.05) is 13.7 Å². The highest BCUT2D eigenvalue weighted by Crippen LogP contribution is 2.41. The molecule has 1 saturated carbocycles. The standard InChI is InChI=1S/C21H22N2O5S/c1-28-21(25)17-9-5-6-10-19(17)29(26,27)23-13-15-11-16(23)12-18(15)22-20(24)14-7-3-2-4-8-14/h2-10,15-16,18H,11-13H2,1H3,(H,22,24)/t15-,16-,18-/m0/s1. The topological polar surface area (TPSA) is 92.8 Å². The number of hydrogen-bond donors (Lipinski definition) is 1. The molecule has 2 fully saturated rings. The molecular weight excluding hydrogens is 392 g/mol. The van der Waals surface area contributed by atoms with E-state index in [-0.39, 0.29) is 34.4 Å². The summed E-state index contributed by atoms with van der Waals surface area (Å²) in [6.07, 6.45) is 1.25. The molecule has 1 aliphatic carbocycles. The Labute approximate surface area is 169 Å². The number of hydrogen-bond acceptors (Lipinski definition) is 5. The molecule has 152 valence electrons. The maximum Gasteiger partial charge on any atom is 0.339 e. The molecule has 7 nitrogen and oxygen atoms in total. The van der Waals surface area contributed by atoms with Crippen molar-refractivity contribution in [1.82, 2.24) is 9.62 Å². The number of fused-ring (bicyclic) bond motifs is 2. The molecule has 1 heterocycles. The SMILES string of the molecule is COC(=O)c1ccccc1S(=O)(=O)N1C[C@@H]2C[C@H]1C[C@@H]2NC(=O)c1ccccc1. The van der Waals surface area contributed by atoms with Crippen LogP contribution in [0.25, 0.3) is 0 Å². The van der Waals surface area contributed by atoms with Crippen LogP contribution in [0.2, 0.25) is 0 Å². The van der Waals surface area contributed by atoms with Crippen molar-refractivity contribution >= 4 is 21.9 Å². The molecule has 1 amide bonds. The molecule has 2 bridgehead atoms. The van der Waals surface area contributed by atoms with Crippen LogP contribution in [0.5, 0.6) is 0 Å². The van der Waals surface area contributed by atoms with Crippen LogP contribution >= 0.6 is 0 Å². The fourth-order valence-corrected chi connectivity index (χ4v) is 6.21. The number of nitrogens with one attached hydrogen (secondary N) is 1. The van der Waals surface area contributed by atoms with Crippen LogP contribution in [0.4, 0.5) is 0 Å². The third-order valence-corrected chi connectivity index (χ3v) is 7.70. The molecule has 0 unspecified atom stereocenters.